The molecule has 1 rings (SSSR count). The number of amides is 1. The van der Waals surface area contributed by atoms with Gasteiger partial charge < -0.3 is 4.90 Å². The average molecular weight is 355 g/mol. The molecule has 0 fully saturated rings. The van der Waals surface area contributed by atoms with Crippen LogP contribution in [-0.2, 0) is 10.0 Å². The van der Waals surface area contributed by atoms with E-state index in [1.165, 1.54) is 17.1 Å². The van der Waals surface area contributed by atoms with Gasteiger partial charge in [0.2, 0.25) is 0 Å². The summed E-state index contributed by atoms with van der Waals surface area (Å²) in [4.78, 5) is 17.5. The minimum atomic E-state index is -3.91. The fraction of sp³-hybridized carbons (Fsp3) is 0.533. The predicted octanol–water partition coefficient (Wildman–Crippen LogP) is 1.73. The normalized spacial score (nSPS) is 11.5. The fourth-order valence-electron chi connectivity index (χ4n) is 2.00. The SMILES string of the molecule is C=CCN(CC=C)S(=O)(=O)c1ncn(C(=O)N(C)CCCCC)n1. The van der Waals surface area contributed by atoms with E-state index in [1.54, 1.807) is 7.05 Å². The van der Waals surface area contributed by atoms with Crippen LogP contribution in [0.2, 0.25) is 0 Å². The van der Waals surface area contributed by atoms with Crippen LogP contribution in [0, 0.1) is 0 Å². The van der Waals surface area contributed by atoms with Crippen molar-refractivity contribution in [2.45, 2.75) is 31.3 Å². The molecule has 0 aliphatic carbocycles. The van der Waals surface area contributed by atoms with E-state index in [9.17, 15) is 13.2 Å². The van der Waals surface area contributed by atoms with Crippen molar-refractivity contribution in [3.05, 3.63) is 31.6 Å². The number of sulfonamides is 1. The van der Waals surface area contributed by atoms with Gasteiger partial charge in [0.05, 0.1) is 0 Å². The van der Waals surface area contributed by atoms with Crippen LogP contribution >= 0.6 is 0 Å². The lowest BCUT2D eigenvalue weighted by molar-refractivity contribution is 0.206. The number of nitrogens with zero attached hydrogens (tertiary/aromatic N) is 5. The molecule has 0 radical (unpaired) electrons. The molecule has 0 bridgehead atoms. The lowest BCUT2D eigenvalue weighted by Crippen LogP contribution is -2.34. The summed E-state index contributed by atoms with van der Waals surface area (Å²) in [7, 11) is -2.26. The molecular weight excluding hydrogens is 330 g/mol. The molecule has 134 valence electrons. The van der Waals surface area contributed by atoms with E-state index in [0.29, 0.717) is 6.54 Å². The van der Waals surface area contributed by atoms with Crippen LogP contribution in [0.3, 0.4) is 0 Å². The van der Waals surface area contributed by atoms with E-state index in [2.05, 4.69) is 30.2 Å². The number of carbonyl (C=O) groups excluding carboxylic acids is 1. The standard InChI is InChI=1S/C15H25N5O3S/c1-5-8-9-12-18(4)15(21)20-13-16-14(17-20)24(22,23)19(10-6-2)11-7-3/h6-7,13H,2-3,5,8-12H2,1,4H3. The van der Waals surface area contributed by atoms with Crippen LogP contribution in [0.25, 0.3) is 0 Å². The third-order valence-corrected chi connectivity index (χ3v) is 4.95. The summed E-state index contributed by atoms with van der Waals surface area (Å²) in [6, 6.07) is -0.418. The van der Waals surface area contributed by atoms with Crippen molar-refractivity contribution < 1.29 is 13.2 Å². The van der Waals surface area contributed by atoms with Crippen molar-refractivity contribution in [1.82, 2.24) is 24.0 Å². The van der Waals surface area contributed by atoms with Crippen LogP contribution in [0.5, 0.6) is 0 Å². The van der Waals surface area contributed by atoms with Gasteiger partial charge in [-0.15, -0.1) is 18.3 Å². The zero-order chi connectivity index (χ0) is 18.2. The summed E-state index contributed by atoms with van der Waals surface area (Å²) in [6.07, 6.45) is 6.99. The van der Waals surface area contributed by atoms with E-state index in [0.717, 1.165) is 34.6 Å². The minimum absolute atomic E-state index is 0.105. The molecule has 8 nitrogen and oxygen atoms in total. The van der Waals surface area contributed by atoms with Crippen LogP contribution in [0.15, 0.2) is 36.8 Å². The Labute approximate surface area is 143 Å². The summed E-state index contributed by atoms with van der Waals surface area (Å²) in [5, 5.41) is 3.42. The maximum absolute atomic E-state index is 12.5. The topological polar surface area (TPSA) is 88.4 Å². The monoisotopic (exact) mass is 355 g/mol. The Morgan fingerprint density at radius 2 is 1.92 bits per heavy atom. The lowest BCUT2D eigenvalue weighted by atomic mass is 10.2. The van der Waals surface area contributed by atoms with Gasteiger partial charge in [0.25, 0.3) is 15.2 Å². The van der Waals surface area contributed by atoms with Crippen LogP contribution in [0.1, 0.15) is 26.2 Å². The van der Waals surface area contributed by atoms with Gasteiger partial charge in [-0.25, -0.2) is 18.2 Å². The van der Waals surface area contributed by atoms with E-state index < -0.39 is 21.2 Å². The van der Waals surface area contributed by atoms with Crippen molar-refractivity contribution in [1.29, 1.82) is 0 Å². The highest BCUT2D eigenvalue weighted by Gasteiger charge is 2.28. The largest absolute Gasteiger partial charge is 0.345 e. The number of carbonyl (C=O) groups is 1. The Bertz CT molecular complexity index is 658. The van der Waals surface area contributed by atoms with Gasteiger partial charge in [0.15, 0.2) is 0 Å². The summed E-state index contributed by atoms with van der Waals surface area (Å²) in [5.41, 5.74) is 0. The Morgan fingerprint density at radius 1 is 1.29 bits per heavy atom. The number of aromatic nitrogens is 3. The maximum atomic E-state index is 12.5. The van der Waals surface area contributed by atoms with Gasteiger partial charge in [-0.1, -0.05) is 31.9 Å². The molecule has 1 aromatic heterocycles. The summed E-state index contributed by atoms with van der Waals surface area (Å²) >= 11 is 0. The van der Waals surface area contributed by atoms with E-state index in [4.69, 9.17) is 0 Å². The Morgan fingerprint density at radius 3 is 2.46 bits per heavy atom. The van der Waals surface area contributed by atoms with Crippen molar-refractivity contribution in [2.75, 3.05) is 26.7 Å². The third-order valence-electron chi connectivity index (χ3n) is 3.33. The highest BCUT2D eigenvalue weighted by molar-refractivity contribution is 7.89. The lowest BCUT2D eigenvalue weighted by Gasteiger charge is -2.17. The zero-order valence-electron chi connectivity index (χ0n) is 14.3. The first kappa shape index (κ1) is 20.0. The van der Waals surface area contributed by atoms with Crippen LogP contribution < -0.4 is 0 Å². The molecule has 1 heterocycles. The van der Waals surface area contributed by atoms with Gasteiger partial charge in [-0.05, 0) is 6.42 Å². The Balaban J connectivity index is 2.92. The number of unbranched alkanes of at least 4 members (excludes halogenated alkanes) is 2. The molecule has 0 spiro atoms. The van der Waals surface area contributed by atoms with Crippen LogP contribution in [0.4, 0.5) is 4.79 Å². The molecule has 1 aromatic rings. The summed E-state index contributed by atoms with van der Waals surface area (Å²) < 4.78 is 27.1. The third kappa shape index (κ3) is 5.00. The number of rotatable bonds is 10. The van der Waals surface area contributed by atoms with Gasteiger partial charge >= 0.3 is 6.03 Å². The van der Waals surface area contributed by atoms with Gasteiger partial charge in [-0.2, -0.15) is 8.99 Å². The molecule has 0 atom stereocenters. The van der Waals surface area contributed by atoms with Crippen molar-refractivity contribution in [2.24, 2.45) is 0 Å². The second kappa shape index (κ2) is 9.33. The smallest absolute Gasteiger partial charge is 0.326 e. The molecular formula is C15H25N5O3S. The molecule has 1 amide bonds. The van der Waals surface area contributed by atoms with Crippen LogP contribution in [-0.4, -0.2) is 65.1 Å². The molecule has 0 saturated heterocycles. The molecule has 24 heavy (non-hydrogen) atoms. The van der Waals surface area contributed by atoms with E-state index >= 15 is 0 Å². The summed E-state index contributed by atoms with van der Waals surface area (Å²) in [5.74, 6) is 0. The Hall–Kier alpha value is -2.00. The molecule has 0 aliphatic heterocycles. The van der Waals surface area contributed by atoms with Crippen molar-refractivity contribution in [3.8, 4) is 0 Å². The highest BCUT2D eigenvalue weighted by Crippen LogP contribution is 2.11. The predicted molar refractivity (Wildman–Crippen MR) is 92.1 cm³/mol. The molecule has 0 aliphatic rings. The molecule has 0 aromatic carbocycles. The first-order valence-electron chi connectivity index (χ1n) is 7.77. The number of hydrogen-bond donors (Lipinski definition) is 0. The Kier molecular flexibility index (Phi) is 7.80. The molecule has 0 saturated carbocycles. The second-order valence-electron chi connectivity index (χ2n) is 5.28. The van der Waals surface area contributed by atoms with Crippen molar-refractivity contribution in [3.63, 3.8) is 0 Å². The first-order chi connectivity index (χ1) is 11.4. The van der Waals surface area contributed by atoms with Gasteiger partial charge in [-0.3, -0.25) is 0 Å². The van der Waals surface area contributed by atoms with E-state index in [1.807, 2.05) is 0 Å². The van der Waals surface area contributed by atoms with Crippen molar-refractivity contribution >= 4 is 16.1 Å². The van der Waals surface area contributed by atoms with Gasteiger partial charge in [0, 0.05) is 26.7 Å². The summed E-state index contributed by atoms with van der Waals surface area (Å²) in [6.45, 7) is 9.93. The zero-order valence-corrected chi connectivity index (χ0v) is 15.1. The highest BCUT2D eigenvalue weighted by atomic mass is 32.2. The average Bonchev–Trinajstić information content (AvgIpc) is 3.04. The fourth-order valence-corrected chi connectivity index (χ4v) is 3.21. The molecule has 0 N–H and O–H groups in total. The quantitative estimate of drug-likeness (QED) is 0.471. The first-order valence-corrected chi connectivity index (χ1v) is 9.21. The van der Waals surface area contributed by atoms with E-state index in [-0.39, 0.29) is 13.1 Å². The maximum Gasteiger partial charge on any atom is 0.345 e. The number of hydrogen-bond acceptors (Lipinski definition) is 5. The second-order valence-corrected chi connectivity index (χ2v) is 7.11. The molecule has 9 heteroatoms. The minimum Gasteiger partial charge on any atom is -0.326 e. The van der Waals surface area contributed by atoms with Gasteiger partial charge in [0.1, 0.15) is 6.33 Å². The molecule has 0 unspecified atom stereocenters.